The first-order valence-corrected chi connectivity index (χ1v) is 6.74. The van der Waals surface area contributed by atoms with Crippen molar-refractivity contribution in [1.82, 2.24) is 0 Å². The topological polar surface area (TPSA) is 12.0 Å². The lowest BCUT2D eigenvalue weighted by molar-refractivity contribution is 0.620. The van der Waals surface area contributed by atoms with E-state index < -0.39 is 0 Å². The Hall–Kier alpha value is -1.42. The minimum atomic E-state index is -0.290. The molecule has 1 atom stereocenters. The molecular formula is C15H14BrF2N. The van der Waals surface area contributed by atoms with Crippen LogP contribution in [0.1, 0.15) is 24.1 Å². The third kappa shape index (κ3) is 3.32. The number of halogens is 3. The second-order valence-corrected chi connectivity index (χ2v) is 5.36. The van der Waals surface area contributed by atoms with Crippen molar-refractivity contribution in [3.05, 3.63) is 63.6 Å². The molecule has 0 saturated heterocycles. The van der Waals surface area contributed by atoms with Crippen molar-refractivity contribution in [3.8, 4) is 0 Å². The molecule has 0 aliphatic carbocycles. The fourth-order valence-corrected chi connectivity index (χ4v) is 2.24. The van der Waals surface area contributed by atoms with Gasteiger partial charge in [-0.2, -0.15) is 0 Å². The Labute approximate surface area is 119 Å². The Bertz CT molecular complexity index is 599. The molecule has 0 saturated carbocycles. The number of hydrogen-bond acceptors (Lipinski definition) is 1. The van der Waals surface area contributed by atoms with Crippen LogP contribution in [0.3, 0.4) is 0 Å². The minimum absolute atomic E-state index is 0.0632. The fourth-order valence-electron chi connectivity index (χ4n) is 1.89. The molecule has 0 radical (unpaired) electrons. The molecule has 0 amide bonds. The van der Waals surface area contributed by atoms with Crippen LogP contribution in [0.25, 0.3) is 0 Å². The molecule has 1 unspecified atom stereocenters. The third-order valence-corrected chi connectivity index (χ3v) is 3.60. The average Bonchev–Trinajstić information content (AvgIpc) is 2.36. The summed E-state index contributed by atoms with van der Waals surface area (Å²) < 4.78 is 26.9. The van der Waals surface area contributed by atoms with Crippen molar-refractivity contribution < 1.29 is 8.78 Å². The standard InChI is InChI=1S/C15H14BrF2N/c1-9-6-14(18)13(16)8-15(9)19-10(2)11-4-3-5-12(17)7-11/h3-8,10,19H,1-2H3. The summed E-state index contributed by atoms with van der Waals surface area (Å²) in [5, 5.41) is 3.26. The third-order valence-electron chi connectivity index (χ3n) is 2.99. The van der Waals surface area contributed by atoms with Crippen LogP contribution in [0.2, 0.25) is 0 Å². The van der Waals surface area contributed by atoms with Gasteiger partial charge in [-0.1, -0.05) is 12.1 Å². The van der Waals surface area contributed by atoms with E-state index in [0.29, 0.717) is 4.47 Å². The molecule has 100 valence electrons. The number of anilines is 1. The Balaban J connectivity index is 2.24. The minimum Gasteiger partial charge on any atom is -0.378 e. The molecule has 2 aromatic carbocycles. The average molecular weight is 326 g/mol. The van der Waals surface area contributed by atoms with E-state index in [4.69, 9.17) is 0 Å². The highest BCUT2D eigenvalue weighted by Crippen LogP contribution is 2.27. The van der Waals surface area contributed by atoms with E-state index >= 15 is 0 Å². The molecule has 19 heavy (non-hydrogen) atoms. The van der Waals surface area contributed by atoms with Gasteiger partial charge in [-0.3, -0.25) is 0 Å². The molecule has 0 aliphatic heterocycles. The summed E-state index contributed by atoms with van der Waals surface area (Å²) in [5.74, 6) is -0.551. The lowest BCUT2D eigenvalue weighted by Crippen LogP contribution is -2.08. The van der Waals surface area contributed by atoms with Crippen molar-refractivity contribution in [2.75, 3.05) is 5.32 Å². The van der Waals surface area contributed by atoms with Crippen molar-refractivity contribution in [1.29, 1.82) is 0 Å². The number of nitrogens with one attached hydrogen (secondary N) is 1. The molecule has 0 spiro atoms. The maximum absolute atomic E-state index is 13.3. The first-order valence-electron chi connectivity index (χ1n) is 5.95. The lowest BCUT2D eigenvalue weighted by atomic mass is 10.1. The van der Waals surface area contributed by atoms with E-state index in [1.807, 2.05) is 19.9 Å². The quantitative estimate of drug-likeness (QED) is 0.816. The molecule has 1 nitrogen and oxygen atoms in total. The highest BCUT2D eigenvalue weighted by molar-refractivity contribution is 9.10. The summed E-state index contributed by atoms with van der Waals surface area (Å²) >= 11 is 3.16. The first kappa shape index (κ1) is 14.0. The maximum atomic E-state index is 13.3. The summed E-state index contributed by atoms with van der Waals surface area (Å²) in [4.78, 5) is 0. The molecule has 0 bridgehead atoms. The van der Waals surface area contributed by atoms with E-state index in [1.54, 1.807) is 12.1 Å². The largest absolute Gasteiger partial charge is 0.378 e. The van der Waals surface area contributed by atoms with Gasteiger partial charge in [0.1, 0.15) is 11.6 Å². The van der Waals surface area contributed by atoms with E-state index in [9.17, 15) is 8.78 Å². The highest BCUT2D eigenvalue weighted by Gasteiger charge is 2.10. The van der Waals surface area contributed by atoms with Gasteiger partial charge in [-0.15, -0.1) is 0 Å². The van der Waals surface area contributed by atoms with E-state index in [2.05, 4.69) is 21.2 Å². The number of rotatable bonds is 3. The molecule has 0 aliphatic rings. The van der Waals surface area contributed by atoms with Crippen LogP contribution in [-0.2, 0) is 0 Å². The first-order chi connectivity index (χ1) is 8.97. The van der Waals surface area contributed by atoms with Crippen molar-refractivity contribution in [3.63, 3.8) is 0 Å². The molecule has 4 heteroatoms. The second kappa shape index (κ2) is 5.70. The lowest BCUT2D eigenvalue weighted by Gasteiger charge is -2.18. The zero-order chi connectivity index (χ0) is 14.0. The zero-order valence-electron chi connectivity index (χ0n) is 10.7. The van der Waals surface area contributed by atoms with Crippen LogP contribution in [0, 0.1) is 18.6 Å². The van der Waals surface area contributed by atoms with Gasteiger partial charge in [0.05, 0.1) is 4.47 Å². The molecular weight excluding hydrogens is 312 g/mol. The van der Waals surface area contributed by atoms with Crippen LogP contribution in [-0.4, -0.2) is 0 Å². The van der Waals surface area contributed by atoms with Crippen molar-refractivity contribution >= 4 is 21.6 Å². The molecule has 2 rings (SSSR count). The van der Waals surface area contributed by atoms with Crippen LogP contribution >= 0.6 is 15.9 Å². The number of aryl methyl sites for hydroxylation is 1. The van der Waals surface area contributed by atoms with Gasteiger partial charge >= 0.3 is 0 Å². The van der Waals surface area contributed by atoms with Gasteiger partial charge in [0.15, 0.2) is 0 Å². The van der Waals surface area contributed by atoms with Gasteiger partial charge in [0.2, 0.25) is 0 Å². The molecule has 0 heterocycles. The van der Waals surface area contributed by atoms with Gasteiger partial charge in [0.25, 0.3) is 0 Å². The Morgan fingerprint density at radius 3 is 2.58 bits per heavy atom. The van der Waals surface area contributed by atoms with E-state index in [1.165, 1.54) is 18.2 Å². The Morgan fingerprint density at radius 2 is 1.89 bits per heavy atom. The molecule has 0 fully saturated rings. The van der Waals surface area contributed by atoms with Crippen LogP contribution in [0.4, 0.5) is 14.5 Å². The van der Waals surface area contributed by atoms with Gasteiger partial charge < -0.3 is 5.32 Å². The summed E-state index contributed by atoms with van der Waals surface area (Å²) in [6.07, 6.45) is 0. The molecule has 2 aromatic rings. The number of hydrogen-bond donors (Lipinski definition) is 1. The van der Waals surface area contributed by atoms with Gasteiger partial charge in [-0.25, -0.2) is 8.78 Å². The van der Waals surface area contributed by atoms with Crippen molar-refractivity contribution in [2.24, 2.45) is 0 Å². The van der Waals surface area contributed by atoms with Crippen LogP contribution in [0.5, 0.6) is 0 Å². The second-order valence-electron chi connectivity index (χ2n) is 4.50. The number of benzene rings is 2. The zero-order valence-corrected chi connectivity index (χ0v) is 12.3. The fraction of sp³-hybridized carbons (Fsp3) is 0.200. The van der Waals surface area contributed by atoms with E-state index in [0.717, 1.165) is 16.8 Å². The predicted octanol–water partition coefficient (Wildman–Crippen LogP) is 5.21. The van der Waals surface area contributed by atoms with Crippen LogP contribution < -0.4 is 5.32 Å². The Kier molecular flexibility index (Phi) is 4.20. The monoisotopic (exact) mass is 325 g/mol. The van der Waals surface area contributed by atoms with Crippen LogP contribution in [0.15, 0.2) is 40.9 Å². The normalized spacial score (nSPS) is 12.3. The summed E-state index contributed by atoms with van der Waals surface area (Å²) in [6.45, 7) is 3.77. The van der Waals surface area contributed by atoms with Gasteiger partial charge in [-0.05, 0) is 65.2 Å². The molecule has 0 aromatic heterocycles. The summed E-state index contributed by atoms with van der Waals surface area (Å²) in [6, 6.07) is 9.53. The van der Waals surface area contributed by atoms with Crippen molar-refractivity contribution in [2.45, 2.75) is 19.9 Å². The molecule has 1 N–H and O–H groups in total. The Morgan fingerprint density at radius 1 is 1.16 bits per heavy atom. The van der Waals surface area contributed by atoms with Gasteiger partial charge in [0, 0.05) is 11.7 Å². The highest BCUT2D eigenvalue weighted by atomic mass is 79.9. The maximum Gasteiger partial charge on any atom is 0.137 e. The summed E-state index contributed by atoms with van der Waals surface area (Å²) in [7, 11) is 0. The predicted molar refractivity (Wildman–Crippen MR) is 77.3 cm³/mol. The summed E-state index contributed by atoms with van der Waals surface area (Å²) in [5.41, 5.74) is 2.48. The van der Waals surface area contributed by atoms with E-state index in [-0.39, 0.29) is 17.7 Å². The SMILES string of the molecule is Cc1cc(F)c(Br)cc1NC(C)c1cccc(F)c1. The smallest absolute Gasteiger partial charge is 0.137 e.